The highest BCUT2D eigenvalue weighted by Crippen LogP contribution is 2.27. The number of halogens is 3. The van der Waals surface area contributed by atoms with E-state index < -0.39 is 30.0 Å². The molecule has 3 amide bonds. The monoisotopic (exact) mass is 321 g/mol. The zero-order chi connectivity index (χ0) is 16.5. The van der Waals surface area contributed by atoms with Crippen molar-refractivity contribution in [1.29, 1.82) is 0 Å². The largest absolute Gasteiger partial charge is 0.471 e. The van der Waals surface area contributed by atoms with Crippen LogP contribution >= 0.6 is 0 Å². The smallest absolute Gasteiger partial charge is 0.368 e. The molecule has 0 bridgehead atoms. The second kappa shape index (κ2) is 6.13. The Bertz CT molecular complexity index is 473. The van der Waals surface area contributed by atoms with Crippen molar-refractivity contribution in [2.24, 2.45) is 11.7 Å². The summed E-state index contributed by atoms with van der Waals surface area (Å²) in [5, 5.41) is 0. The van der Waals surface area contributed by atoms with Gasteiger partial charge >= 0.3 is 12.1 Å². The summed E-state index contributed by atoms with van der Waals surface area (Å²) in [4.78, 5) is 37.0. The summed E-state index contributed by atoms with van der Waals surface area (Å²) in [6, 6.07) is -0.623. The molecule has 2 aliphatic heterocycles. The van der Waals surface area contributed by atoms with Gasteiger partial charge in [0.25, 0.3) is 0 Å². The molecule has 2 N–H and O–H groups in total. The van der Waals surface area contributed by atoms with Crippen molar-refractivity contribution in [2.75, 3.05) is 19.6 Å². The third-order valence-electron chi connectivity index (χ3n) is 4.24. The molecule has 0 spiro atoms. The number of hydrogen-bond acceptors (Lipinski definition) is 3. The zero-order valence-electron chi connectivity index (χ0n) is 11.9. The van der Waals surface area contributed by atoms with E-state index in [9.17, 15) is 27.6 Å². The topological polar surface area (TPSA) is 83.7 Å². The van der Waals surface area contributed by atoms with E-state index >= 15 is 0 Å². The third kappa shape index (κ3) is 3.33. The molecule has 2 aliphatic rings. The van der Waals surface area contributed by atoms with Crippen molar-refractivity contribution >= 4 is 17.7 Å². The average molecular weight is 321 g/mol. The third-order valence-corrected chi connectivity index (χ3v) is 4.24. The maximum atomic E-state index is 12.4. The standard InChI is InChI=1S/C13H18F3N3O3/c14-13(15,16)12(22)18-6-3-8(4-7-18)11(21)19-5-1-2-9(19)10(17)20/h8-9H,1-7H2,(H2,17,20)/t9-/m0/s1. The molecule has 0 aromatic carbocycles. The van der Waals surface area contributed by atoms with Gasteiger partial charge in [-0.05, 0) is 25.7 Å². The molecule has 0 saturated carbocycles. The summed E-state index contributed by atoms with van der Waals surface area (Å²) in [5.74, 6) is -3.14. The maximum absolute atomic E-state index is 12.4. The number of piperidine rings is 1. The van der Waals surface area contributed by atoms with Crippen LogP contribution in [0.25, 0.3) is 0 Å². The lowest BCUT2D eigenvalue weighted by atomic mass is 9.94. The lowest BCUT2D eigenvalue weighted by Gasteiger charge is -2.34. The molecular formula is C13H18F3N3O3. The van der Waals surface area contributed by atoms with E-state index in [1.54, 1.807) is 0 Å². The summed E-state index contributed by atoms with van der Waals surface area (Å²) in [7, 11) is 0. The average Bonchev–Trinajstić information content (AvgIpc) is 2.94. The number of amides is 3. The molecule has 0 radical (unpaired) electrons. The van der Waals surface area contributed by atoms with Gasteiger partial charge in [0.15, 0.2) is 0 Å². The number of carbonyl (C=O) groups is 3. The fourth-order valence-electron chi connectivity index (χ4n) is 3.07. The van der Waals surface area contributed by atoms with Crippen LogP contribution in [0.3, 0.4) is 0 Å². The Morgan fingerprint density at radius 2 is 1.59 bits per heavy atom. The van der Waals surface area contributed by atoms with Gasteiger partial charge in [0.05, 0.1) is 0 Å². The molecule has 2 rings (SSSR count). The van der Waals surface area contributed by atoms with Crippen molar-refractivity contribution in [3.8, 4) is 0 Å². The molecular weight excluding hydrogens is 303 g/mol. The minimum absolute atomic E-state index is 0.107. The van der Waals surface area contributed by atoms with E-state index in [0.717, 1.165) is 4.90 Å². The normalized spacial score (nSPS) is 23.7. The molecule has 1 atom stereocenters. The van der Waals surface area contributed by atoms with Gasteiger partial charge in [-0.3, -0.25) is 14.4 Å². The van der Waals surface area contributed by atoms with Crippen molar-refractivity contribution in [1.82, 2.24) is 9.80 Å². The Labute approximate surface area is 125 Å². The number of rotatable bonds is 2. The number of primary amides is 1. The Balaban J connectivity index is 1.93. The number of nitrogens with zero attached hydrogens (tertiary/aromatic N) is 2. The zero-order valence-corrected chi connectivity index (χ0v) is 11.9. The van der Waals surface area contributed by atoms with E-state index in [1.165, 1.54) is 4.90 Å². The second-order valence-corrected chi connectivity index (χ2v) is 5.66. The number of nitrogens with two attached hydrogens (primary N) is 1. The fourth-order valence-corrected chi connectivity index (χ4v) is 3.07. The van der Waals surface area contributed by atoms with E-state index in [2.05, 4.69) is 0 Å². The van der Waals surface area contributed by atoms with Gasteiger partial charge in [0.1, 0.15) is 6.04 Å². The number of hydrogen-bond donors (Lipinski definition) is 1. The van der Waals surface area contributed by atoms with Crippen molar-refractivity contribution in [3.05, 3.63) is 0 Å². The first kappa shape index (κ1) is 16.6. The van der Waals surface area contributed by atoms with Crippen LogP contribution < -0.4 is 5.73 Å². The predicted molar refractivity (Wildman–Crippen MR) is 69.3 cm³/mol. The van der Waals surface area contributed by atoms with Crippen LogP contribution in [-0.4, -0.2) is 59.4 Å². The van der Waals surface area contributed by atoms with Crippen LogP contribution in [0.4, 0.5) is 13.2 Å². The number of carbonyl (C=O) groups excluding carboxylic acids is 3. The Morgan fingerprint density at radius 3 is 2.09 bits per heavy atom. The highest BCUT2D eigenvalue weighted by Gasteiger charge is 2.44. The molecule has 0 aromatic rings. The van der Waals surface area contributed by atoms with Gasteiger partial charge in [-0.25, -0.2) is 0 Å². The van der Waals surface area contributed by atoms with Crippen LogP contribution in [0.1, 0.15) is 25.7 Å². The van der Waals surface area contributed by atoms with Gasteiger partial charge in [-0.15, -0.1) is 0 Å². The van der Waals surface area contributed by atoms with Gasteiger partial charge in [-0.2, -0.15) is 13.2 Å². The van der Waals surface area contributed by atoms with Gasteiger partial charge in [-0.1, -0.05) is 0 Å². The molecule has 22 heavy (non-hydrogen) atoms. The van der Waals surface area contributed by atoms with Crippen molar-refractivity contribution in [2.45, 2.75) is 37.9 Å². The first-order valence-corrected chi connectivity index (χ1v) is 7.17. The predicted octanol–water partition coefficient (Wildman–Crippen LogP) is 0.264. The highest BCUT2D eigenvalue weighted by molar-refractivity contribution is 5.88. The van der Waals surface area contributed by atoms with Crippen LogP contribution in [-0.2, 0) is 14.4 Å². The Kier molecular flexibility index (Phi) is 4.62. The lowest BCUT2D eigenvalue weighted by molar-refractivity contribution is -0.187. The molecule has 2 heterocycles. The molecule has 0 aromatic heterocycles. The lowest BCUT2D eigenvalue weighted by Crippen LogP contribution is -2.50. The number of likely N-dealkylation sites (tertiary alicyclic amines) is 2. The first-order valence-electron chi connectivity index (χ1n) is 7.17. The molecule has 2 saturated heterocycles. The van der Waals surface area contributed by atoms with E-state index in [-0.39, 0.29) is 31.8 Å². The van der Waals surface area contributed by atoms with Gasteiger partial charge in [0.2, 0.25) is 11.8 Å². The molecule has 9 heteroatoms. The first-order chi connectivity index (χ1) is 10.2. The van der Waals surface area contributed by atoms with Gasteiger partial charge in [0, 0.05) is 25.6 Å². The number of alkyl halides is 3. The quantitative estimate of drug-likeness (QED) is 0.792. The van der Waals surface area contributed by atoms with Crippen molar-refractivity contribution in [3.63, 3.8) is 0 Å². The molecule has 0 aliphatic carbocycles. The van der Waals surface area contributed by atoms with Crippen LogP contribution in [0.15, 0.2) is 0 Å². The van der Waals surface area contributed by atoms with Crippen LogP contribution in [0, 0.1) is 5.92 Å². The summed E-state index contributed by atoms with van der Waals surface area (Å²) >= 11 is 0. The van der Waals surface area contributed by atoms with Crippen LogP contribution in [0.2, 0.25) is 0 Å². The SMILES string of the molecule is NC(=O)[C@@H]1CCCN1C(=O)C1CCN(C(=O)C(F)(F)F)CC1. The van der Waals surface area contributed by atoms with Crippen molar-refractivity contribution < 1.29 is 27.6 Å². The second-order valence-electron chi connectivity index (χ2n) is 5.66. The summed E-state index contributed by atoms with van der Waals surface area (Å²) in [6.07, 6.45) is -3.34. The fraction of sp³-hybridized carbons (Fsp3) is 0.769. The van der Waals surface area contributed by atoms with Crippen LogP contribution in [0.5, 0.6) is 0 Å². The van der Waals surface area contributed by atoms with Gasteiger partial charge < -0.3 is 15.5 Å². The van der Waals surface area contributed by atoms with E-state index in [1.807, 2.05) is 0 Å². The maximum Gasteiger partial charge on any atom is 0.471 e. The highest BCUT2D eigenvalue weighted by atomic mass is 19.4. The summed E-state index contributed by atoms with van der Waals surface area (Å²) in [5.41, 5.74) is 5.25. The minimum atomic E-state index is -4.89. The molecule has 6 nitrogen and oxygen atoms in total. The van der Waals surface area contributed by atoms with E-state index in [4.69, 9.17) is 5.73 Å². The summed E-state index contributed by atoms with van der Waals surface area (Å²) < 4.78 is 37.1. The minimum Gasteiger partial charge on any atom is -0.368 e. The summed E-state index contributed by atoms with van der Waals surface area (Å²) in [6.45, 7) is 0.224. The Morgan fingerprint density at radius 1 is 1.00 bits per heavy atom. The molecule has 0 unspecified atom stereocenters. The Hall–Kier alpha value is -1.80. The molecule has 124 valence electrons. The van der Waals surface area contributed by atoms with E-state index in [0.29, 0.717) is 19.4 Å². The molecule has 2 fully saturated rings.